The SMILES string of the molecule is COc1ccc(N2CCN(c3cccc(F)c3)C2=O)cc1OCCN1CCOCC1. The molecule has 2 saturated heterocycles. The average Bonchev–Trinajstić information content (AvgIpc) is 3.16. The van der Waals surface area contributed by atoms with Gasteiger partial charge >= 0.3 is 6.03 Å². The zero-order valence-corrected chi connectivity index (χ0v) is 17.1. The van der Waals surface area contributed by atoms with E-state index in [0.717, 1.165) is 38.5 Å². The van der Waals surface area contributed by atoms with Gasteiger partial charge in [-0.2, -0.15) is 0 Å². The molecule has 30 heavy (non-hydrogen) atoms. The number of carbonyl (C=O) groups excluding carboxylic acids is 1. The van der Waals surface area contributed by atoms with Crippen LogP contribution >= 0.6 is 0 Å². The number of amides is 2. The first-order chi connectivity index (χ1) is 14.7. The number of urea groups is 1. The maximum absolute atomic E-state index is 13.6. The maximum Gasteiger partial charge on any atom is 0.329 e. The summed E-state index contributed by atoms with van der Waals surface area (Å²) in [5, 5.41) is 0. The van der Waals surface area contributed by atoms with Crippen LogP contribution in [0.25, 0.3) is 0 Å². The molecule has 2 heterocycles. The fraction of sp³-hybridized carbons (Fsp3) is 0.409. The van der Waals surface area contributed by atoms with Crippen LogP contribution in [0.3, 0.4) is 0 Å². The van der Waals surface area contributed by atoms with Gasteiger partial charge in [-0.1, -0.05) is 6.07 Å². The molecule has 0 aliphatic carbocycles. The maximum atomic E-state index is 13.6. The lowest BCUT2D eigenvalue weighted by molar-refractivity contribution is 0.0321. The van der Waals surface area contributed by atoms with Gasteiger partial charge in [0, 0.05) is 50.2 Å². The number of anilines is 2. The van der Waals surface area contributed by atoms with Crippen LogP contribution in [0.2, 0.25) is 0 Å². The molecule has 2 aromatic carbocycles. The van der Waals surface area contributed by atoms with Crippen LogP contribution in [0.1, 0.15) is 0 Å². The summed E-state index contributed by atoms with van der Waals surface area (Å²) in [5.41, 5.74) is 1.28. The van der Waals surface area contributed by atoms with E-state index in [4.69, 9.17) is 14.2 Å². The fourth-order valence-electron chi connectivity index (χ4n) is 3.72. The molecule has 2 aromatic rings. The zero-order chi connectivity index (χ0) is 20.9. The van der Waals surface area contributed by atoms with Gasteiger partial charge in [0.05, 0.1) is 20.3 Å². The number of rotatable bonds is 7. The lowest BCUT2D eigenvalue weighted by atomic mass is 10.2. The van der Waals surface area contributed by atoms with Crippen LogP contribution in [0.4, 0.5) is 20.6 Å². The first-order valence-corrected chi connectivity index (χ1v) is 10.1. The van der Waals surface area contributed by atoms with Crippen molar-refractivity contribution in [3.8, 4) is 11.5 Å². The number of hydrogen-bond acceptors (Lipinski definition) is 5. The Balaban J connectivity index is 1.45. The van der Waals surface area contributed by atoms with E-state index in [2.05, 4.69) is 4.90 Å². The Hall–Kier alpha value is -2.84. The number of methoxy groups -OCH3 is 1. The Morgan fingerprint density at radius 1 is 0.967 bits per heavy atom. The Labute approximate surface area is 175 Å². The van der Waals surface area contributed by atoms with Crippen LogP contribution < -0.4 is 19.3 Å². The van der Waals surface area contributed by atoms with Gasteiger partial charge < -0.3 is 14.2 Å². The van der Waals surface area contributed by atoms with Crippen molar-refractivity contribution in [3.63, 3.8) is 0 Å². The number of halogens is 1. The van der Waals surface area contributed by atoms with E-state index in [0.29, 0.717) is 36.9 Å². The van der Waals surface area contributed by atoms with Gasteiger partial charge in [-0.05, 0) is 30.3 Å². The minimum Gasteiger partial charge on any atom is -0.493 e. The van der Waals surface area contributed by atoms with E-state index in [9.17, 15) is 9.18 Å². The van der Waals surface area contributed by atoms with Gasteiger partial charge in [-0.25, -0.2) is 9.18 Å². The summed E-state index contributed by atoms with van der Waals surface area (Å²) in [6, 6.07) is 11.3. The van der Waals surface area contributed by atoms with Gasteiger partial charge in [0.25, 0.3) is 0 Å². The number of benzene rings is 2. The van der Waals surface area contributed by atoms with E-state index >= 15 is 0 Å². The topological polar surface area (TPSA) is 54.5 Å². The Morgan fingerprint density at radius 2 is 1.70 bits per heavy atom. The summed E-state index contributed by atoms with van der Waals surface area (Å²) in [4.78, 5) is 18.5. The van der Waals surface area contributed by atoms with E-state index in [1.165, 1.54) is 12.1 Å². The summed E-state index contributed by atoms with van der Waals surface area (Å²) in [5.74, 6) is 0.855. The molecule has 2 amide bonds. The van der Waals surface area contributed by atoms with Crippen molar-refractivity contribution in [3.05, 3.63) is 48.3 Å². The van der Waals surface area contributed by atoms with Crippen molar-refractivity contribution >= 4 is 17.4 Å². The number of nitrogens with zero attached hydrogens (tertiary/aromatic N) is 3. The van der Waals surface area contributed by atoms with Crippen molar-refractivity contribution in [1.29, 1.82) is 0 Å². The molecule has 0 atom stereocenters. The van der Waals surface area contributed by atoms with Crippen molar-refractivity contribution in [2.45, 2.75) is 0 Å². The number of carbonyl (C=O) groups is 1. The second-order valence-corrected chi connectivity index (χ2v) is 7.20. The predicted octanol–water partition coefficient (Wildman–Crippen LogP) is 2.99. The van der Waals surface area contributed by atoms with Crippen LogP contribution in [0, 0.1) is 5.82 Å². The highest BCUT2D eigenvalue weighted by Crippen LogP contribution is 2.34. The van der Waals surface area contributed by atoms with Crippen molar-refractivity contribution in [2.75, 3.05) is 69.5 Å². The number of morpholine rings is 1. The molecule has 2 aliphatic rings. The van der Waals surface area contributed by atoms with Gasteiger partial charge in [0.2, 0.25) is 0 Å². The summed E-state index contributed by atoms with van der Waals surface area (Å²) in [6.45, 7) is 5.61. The standard InChI is InChI=1S/C22H26FN3O4/c1-28-20-6-5-19(16-21(20)30-14-11-24-9-12-29-13-10-24)26-8-7-25(22(26)27)18-4-2-3-17(23)15-18/h2-6,15-16H,7-14H2,1H3. The van der Waals surface area contributed by atoms with E-state index in [1.54, 1.807) is 35.1 Å². The summed E-state index contributed by atoms with van der Waals surface area (Å²) >= 11 is 0. The van der Waals surface area contributed by atoms with Gasteiger partial charge in [-0.3, -0.25) is 14.7 Å². The second kappa shape index (κ2) is 9.32. The smallest absolute Gasteiger partial charge is 0.329 e. The van der Waals surface area contributed by atoms with Crippen molar-refractivity contribution in [2.24, 2.45) is 0 Å². The molecule has 160 valence electrons. The molecular formula is C22H26FN3O4. The minimum atomic E-state index is -0.362. The van der Waals surface area contributed by atoms with Crippen LogP contribution in [0.5, 0.6) is 11.5 Å². The Kier molecular flexibility index (Phi) is 6.35. The molecule has 0 N–H and O–H groups in total. The molecule has 0 aromatic heterocycles. The lowest BCUT2D eigenvalue weighted by Gasteiger charge is -2.26. The molecule has 7 nitrogen and oxygen atoms in total. The highest BCUT2D eigenvalue weighted by molar-refractivity contribution is 6.06. The molecule has 0 radical (unpaired) electrons. The van der Waals surface area contributed by atoms with Crippen LogP contribution in [0.15, 0.2) is 42.5 Å². The molecule has 2 fully saturated rings. The predicted molar refractivity (Wildman–Crippen MR) is 112 cm³/mol. The largest absolute Gasteiger partial charge is 0.493 e. The summed E-state index contributed by atoms with van der Waals surface area (Å²) in [6.07, 6.45) is 0. The molecule has 0 saturated carbocycles. The molecular weight excluding hydrogens is 389 g/mol. The van der Waals surface area contributed by atoms with Crippen LogP contribution in [-0.4, -0.2) is 70.6 Å². The van der Waals surface area contributed by atoms with Gasteiger partial charge in [-0.15, -0.1) is 0 Å². The van der Waals surface area contributed by atoms with Crippen LogP contribution in [-0.2, 0) is 4.74 Å². The average molecular weight is 415 g/mol. The zero-order valence-electron chi connectivity index (χ0n) is 17.1. The fourth-order valence-corrected chi connectivity index (χ4v) is 3.72. The molecule has 8 heteroatoms. The third-order valence-electron chi connectivity index (χ3n) is 5.36. The normalized spacial score (nSPS) is 17.5. The molecule has 2 aliphatic heterocycles. The van der Waals surface area contributed by atoms with Gasteiger partial charge in [0.15, 0.2) is 11.5 Å². The Bertz CT molecular complexity index is 888. The number of hydrogen-bond donors (Lipinski definition) is 0. The van der Waals surface area contributed by atoms with E-state index in [-0.39, 0.29) is 11.8 Å². The van der Waals surface area contributed by atoms with Gasteiger partial charge in [0.1, 0.15) is 12.4 Å². The first-order valence-electron chi connectivity index (χ1n) is 10.1. The lowest BCUT2D eigenvalue weighted by Crippen LogP contribution is -2.38. The highest BCUT2D eigenvalue weighted by Gasteiger charge is 2.31. The number of ether oxygens (including phenoxy) is 3. The molecule has 0 spiro atoms. The second-order valence-electron chi connectivity index (χ2n) is 7.20. The van der Waals surface area contributed by atoms with Crippen molar-refractivity contribution < 1.29 is 23.4 Å². The van der Waals surface area contributed by atoms with E-state index < -0.39 is 0 Å². The molecule has 4 rings (SSSR count). The molecule has 0 unspecified atom stereocenters. The first kappa shape index (κ1) is 20.4. The quantitative estimate of drug-likeness (QED) is 0.696. The summed E-state index contributed by atoms with van der Waals surface area (Å²) in [7, 11) is 1.59. The third-order valence-corrected chi connectivity index (χ3v) is 5.36. The van der Waals surface area contributed by atoms with E-state index in [1.807, 2.05) is 12.1 Å². The monoisotopic (exact) mass is 415 g/mol. The third kappa shape index (κ3) is 4.49. The highest BCUT2D eigenvalue weighted by atomic mass is 19.1. The molecule has 0 bridgehead atoms. The van der Waals surface area contributed by atoms with Crippen molar-refractivity contribution in [1.82, 2.24) is 4.90 Å². The Morgan fingerprint density at radius 3 is 2.40 bits per heavy atom. The minimum absolute atomic E-state index is 0.190. The summed E-state index contributed by atoms with van der Waals surface area (Å²) < 4.78 is 30.3.